The van der Waals surface area contributed by atoms with E-state index in [1.165, 1.54) is 25.3 Å². The van der Waals surface area contributed by atoms with Crippen LogP contribution in [0.1, 0.15) is 40.2 Å². The fraction of sp³-hybridized carbons (Fsp3) is 0.389. The zero-order valence-corrected chi connectivity index (χ0v) is 15.1. The van der Waals surface area contributed by atoms with Gasteiger partial charge in [-0.25, -0.2) is 9.48 Å². The Kier molecular flexibility index (Phi) is 5.30. The van der Waals surface area contributed by atoms with Crippen LogP contribution in [0.5, 0.6) is 5.75 Å². The molecule has 2 heterocycles. The summed E-state index contributed by atoms with van der Waals surface area (Å²) in [5.74, 6) is -0.786. The number of aromatic nitrogens is 2. The van der Waals surface area contributed by atoms with Gasteiger partial charge >= 0.3 is 12.1 Å². The van der Waals surface area contributed by atoms with Crippen LogP contribution in [-0.2, 0) is 4.74 Å². The highest BCUT2D eigenvalue weighted by Gasteiger charge is 2.45. The van der Waals surface area contributed by atoms with Crippen molar-refractivity contribution < 1.29 is 32.2 Å². The summed E-state index contributed by atoms with van der Waals surface area (Å²) in [7, 11) is 1.49. The minimum absolute atomic E-state index is 0.0782. The third-order valence-electron chi connectivity index (χ3n) is 4.34. The number of anilines is 1. The highest BCUT2D eigenvalue weighted by Crippen LogP contribution is 2.39. The number of esters is 1. The molecule has 0 radical (unpaired) electrons. The molecule has 0 aliphatic carbocycles. The summed E-state index contributed by atoms with van der Waals surface area (Å²) in [6, 6.07) is 5.13. The Labute approximate surface area is 158 Å². The van der Waals surface area contributed by atoms with E-state index < -0.39 is 36.6 Å². The van der Waals surface area contributed by atoms with Crippen molar-refractivity contribution in [3.63, 3.8) is 0 Å². The van der Waals surface area contributed by atoms with E-state index in [9.17, 15) is 22.8 Å². The van der Waals surface area contributed by atoms with Gasteiger partial charge in [-0.3, -0.25) is 4.79 Å². The summed E-state index contributed by atoms with van der Waals surface area (Å²) in [4.78, 5) is 24.3. The van der Waals surface area contributed by atoms with Crippen molar-refractivity contribution in [3.8, 4) is 5.75 Å². The van der Waals surface area contributed by atoms with Gasteiger partial charge in [-0.1, -0.05) is 0 Å². The zero-order valence-electron chi connectivity index (χ0n) is 15.1. The van der Waals surface area contributed by atoms with Crippen molar-refractivity contribution >= 4 is 17.6 Å². The Morgan fingerprint density at radius 3 is 2.57 bits per heavy atom. The number of rotatable bonds is 5. The van der Waals surface area contributed by atoms with Crippen LogP contribution in [0.15, 0.2) is 30.3 Å². The Morgan fingerprint density at radius 2 is 1.96 bits per heavy atom. The number of fused-ring (bicyclic) bond motifs is 1. The number of nitrogens with zero attached hydrogens (tertiary/aromatic N) is 2. The van der Waals surface area contributed by atoms with Crippen LogP contribution in [0.4, 0.5) is 19.0 Å². The largest absolute Gasteiger partial charge is 0.497 e. The first-order chi connectivity index (χ1) is 13.2. The summed E-state index contributed by atoms with van der Waals surface area (Å²) in [5, 5.41) is 6.59. The normalized spacial score (nSPS) is 18.8. The SMILES string of the molecule is COc1ccc(C(=O)COC(=O)c2cc3n(n2)[C@@H](C(F)(F)F)C[C@H](C)N3)cc1. The molecule has 150 valence electrons. The molecule has 1 aromatic carbocycles. The van der Waals surface area contributed by atoms with E-state index in [2.05, 4.69) is 10.4 Å². The average molecular weight is 397 g/mol. The molecule has 0 fully saturated rings. The molecule has 1 aliphatic heterocycles. The number of carbonyl (C=O) groups excluding carboxylic acids is 2. The van der Waals surface area contributed by atoms with Crippen molar-refractivity contribution in [2.45, 2.75) is 31.6 Å². The fourth-order valence-corrected chi connectivity index (χ4v) is 2.92. The second kappa shape index (κ2) is 7.53. The maximum Gasteiger partial charge on any atom is 0.410 e. The van der Waals surface area contributed by atoms with Gasteiger partial charge in [0, 0.05) is 17.7 Å². The molecule has 0 amide bonds. The van der Waals surface area contributed by atoms with Crippen molar-refractivity contribution in [2.24, 2.45) is 0 Å². The monoisotopic (exact) mass is 397 g/mol. The standard InChI is InChI=1S/C18H18F3N3O4/c1-10-7-15(18(19,20)21)24-16(22-10)8-13(23-24)17(26)28-9-14(25)11-3-5-12(27-2)6-4-11/h3-6,8,10,15,22H,7,9H2,1-2H3/t10-,15+/m0/s1. The minimum atomic E-state index is -4.50. The lowest BCUT2D eigenvalue weighted by Gasteiger charge is -2.31. The molecule has 1 aliphatic rings. The van der Waals surface area contributed by atoms with Crippen LogP contribution in [0, 0.1) is 0 Å². The highest BCUT2D eigenvalue weighted by atomic mass is 19.4. The number of methoxy groups -OCH3 is 1. The number of benzene rings is 1. The average Bonchev–Trinajstić information content (AvgIpc) is 3.08. The van der Waals surface area contributed by atoms with E-state index in [0.717, 1.165) is 4.68 Å². The molecule has 0 saturated carbocycles. The van der Waals surface area contributed by atoms with Gasteiger partial charge in [0.1, 0.15) is 11.6 Å². The van der Waals surface area contributed by atoms with Crippen molar-refractivity contribution in [1.82, 2.24) is 9.78 Å². The summed E-state index contributed by atoms with van der Waals surface area (Å²) >= 11 is 0. The van der Waals surface area contributed by atoms with Gasteiger partial charge < -0.3 is 14.8 Å². The number of nitrogens with one attached hydrogen (secondary N) is 1. The zero-order chi connectivity index (χ0) is 20.5. The molecule has 28 heavy (non-hydrogen) atoms. The Morgan fingerprint density at radius 1 is 1.29 bits per heavy atom. The van der Waals surface area contributed by atoms with Crippen molar-refractivity contribution in [1.29, 1.82) is 0 Å². The van der Waals surface area contributed by atoms with Gasteiger partial charge in [-0.15, -0.1) is 0 Å². The van der Waals surface area contributed by atoms with E-state index >= 15 is 0 Å². The second-order valence-electron chi connectivity index (χ2n) is 6.43. The molecule has 10 heteroatoms. The van der Waals surface area contributed by atoms with E-state index in [0.29, 0.717) is 11.3 Å². The smallest absolute Gasteiger partial charge is 0.410 e. The topological polar surface area (TPSA) is 82.5 Å². The lowest BCUT2D eigenvalue weighted by atomic mass is 10.1. The predicted molar refractivity (Wildman–Crippen MR) is 92.6 cm³/mol. The van der Waals surface area contributed by atoms with Crippen LogP contribution in [-0.4, -0.2) is 47.5 Å². The third-order valence-corrected chi connectivity index (χ3v) is 4.34. The number of alkyl halides is 3. The summed E-state index contributed by atoms with van der Waals surface area (Å²) < 4.78 is 50.4. The third kappa shape index (κ3) is 4.10. The molecule has 0 saturated heterocycles. The molecule has 2 aromatic rings. The Bertz CT molecular complexity index is 877. The molecule has 0 bridgehead atoms. The van der Waals surface area contributed by atoms with Gasteiger partial charge in [-0.2, -0.15) is 18.3 Å². The van der Waals surface area contributed by atoms with Crippen LogP contribution in [0.25, 0.3) is 0 Å². The molecule has 2 atom stereocenters. The van der Waals surface area contributed by atoms with Gasteiger partial charge in [0.05, 0.1) is 7.11 Å². The first-order valence-electron chi connectivity index (χ1n) is 8.46. The second-order valence-corrected chi connectivity index (χ2v) is 6.43. The van der Waals surface area contributed by atoms with Crippen LogP contribution in [0.3, 0.4) is 0 Å². The molecule has 1 N–H and O–H groups in total. The molecule has 1 aromatic heterocycles. The lowest BCUT2D eigenvalue weighted by Crippen LogP contribution is -2.37. The van der Waals surface area contributed by atoms with Gasteiger partial charge in [0.15, 0.2) is 24.1 Å². The number of ketones is 1. The molecular formula is C18H18F3N3O4. The van der Waals surface area contributed by atoms with E-state index in [1.54, 1.807) is 19.1 Å². The molecule has 0 unspecified atom stereocenters. The fourth-order valence-electron chi connectivity index (χ4n) is 2.92. The lowest BCUT2D eigenvalue weighted by molar-refractivity contribution is -0.173. The quantitative estimate of drug-likeness (QED) is 0.616. The maximum atomic E-state index is 13.2. The number of carbonyl (C=O) groups is 2. The molecule has 3 rings (SSSR count). The number of hydrogen-bond donors (Lipinski definition) is 1. The summed E-state index contributed by atoms with van der Waals surface area (Å²) in [6.45, 7) is 1.06. The van der Waals surface area contributed by atoms with Crippen LogP contribution < -0.4 is 10.1 Å². The maximum absolute atomic E-state index is 13.2. The van der Waals surface area contributed by atoms with Gasteiger partial charge in [0.2, 0.25) is 0 Å². The van der Waals surface area contributed by atoms with E-state index in [4.69, 9.17) is 9.47 Å². The van der Waals surface area contributed by atoms with Gasteiger partial charge in [0.25, 0.3) is 0 Å². The first kappa shape index (κ1) is 19.7. The van der Waals surface area contributed by atoms with Crippen molar-refractivity contribution in [2.75, 3.05) is 19.0 Å². The van der Waals surface area contributed by atoms with Crippen LogP contribution >= 0.6 is 0 Å². The predicted octanol–water partition coefficient (Wildman–Crippen LogP) is 3.24. The first-order valence-corrected chi connectivity index (χ1v) is 8.46. The number of hydrogen-bond acceptors (Lipinski definition) is 6. The van der Waals surface area contributed by atoms with Crippen molar-refractivity contribution in [3.05, 3.63) is 41.6 Å². The Balaban J connectivity index is 1.69. The van der Waals surface area contributed by atoms with Crippen LogP contribution in [0.2, 0.25) is 0 Å². The Hall–Kier alpha value is -3.04. The minimum Gasteiger partial charge on any atom is -0.497 e. The number of Topliss-reactive ketones (excluding diaryl/α,β-unsaturated/α-hetero) is 1. The molecular weight excluding hydrogens is 379 g/mol. The van der Waals surface area contributed by atoms with Gasteiger partial charge in [-0.05, 0) is 37.6 Å². The summed E-state index contributed by atoms with van der Waals surface area (Å²) in [5.41, 5.74) is 0.0127. The number of halogens is 3. The van der Waals surface area contributed by atoms with E-state index in [-0.39, 0.29) is 17.9 Å². The highest BCUT2D eigenvalue weighted by molar-refractivity contribution is 5.99. The number of ether oxygens (including phenoxy) is 2. The molecule has 7 nitrogen and oxygen atoms in total. The molecule has 0 spiro atoms. The summed E-state index contributed by atoms with van der Waals surface area (Å²) in [6.07, 6.45) is -4.70. The van der Waals surface area contributed by atoms with E-state index in [1.807, 2.05) is 0 Å².